The number of nitrogens with zero attached hydrogens (tertiary/aromatic N) is 3. The number of hydrogen-bond acceptors (Lipinski definition) is 2. The zero-order valence-electron chi connectivity index (χ0n) is 29.9. The van der Waals surface area contributed by atoms with Gasteiger partial charge >= 0.3 is 0 Å². The largest absolute Gasteiger partial charge is 0.455 e. The van der Waals surface area contributed by atoms with Gasteiger partial charge in [0.05, 0.1) is 22.2 Å². The summed E-state index contributed by atoms with van der Waals surface area (Å²) in [5, 5.41) is 11.2. The summed E-state index contributed by atoms with van der Waals surface area (Å²) >= 11 is 0. The molecule has 12 rings (SSSR count). The third-order valence-electron chi connectivity index (χ3n) is 11.7. The molecule has 4 nitrogen and oxygen atoms in total. The molecule has 0 N–H and O–H groups in total. The van der Waals surface area contributed by atoms with E-state index in [1.807, 2.05) is 6.07 Å². The lowest BCUT2D eigenvalue weighted by Crippen LogP contribution is -2.12. The SMILES string of the molecule is c1ccc(-c2c3ccccc3nn2Cn2c3ccc(-c4cccc5c4oc4ccccc45)cc3c3ccc4c(c32)C(c2ccccc2)c2ccccc2-4)cc1. The number of benzene rings is 8. The molecule has 4 heteroatoms. The van der Waals surface area contributed by atoms with Gasteiger partial charge < -0.3 is 8.98 Å². The van der Waals surface area contributed by atoms with Crippen molar-refractivity contribution in [3.8, 4) is 33.5 Å². The average Bonchev–Trinajstić information content (AvgIpc) is 3.99. The van der Waals surface area contributed by atoms with Crippen molar-refractivity contribution in [2.75, 3.05) is 0 Å². The first kappa shape index (κ1) is 30.3. The fourth-order valence-electron chi connectivity index (χ4n) is 9.40. The van der Waals surface area contributed by atoms with E-state index in [1.165, 1.54) is 49.6 Å². The van der Waals surface area contributed by atoms with Gasteiger partial charge in [-0.15, -0.1) is 0 Å². The van der Waals surface area contributed by atoms with Crippen molar-refractivity contribution in [3.63, 3.8) is 0 Å². The van der Waals surface area contributed by atoms with E-state index in [4.69, 9.17) is 9.52 Å². The van der Waals surface area contributed by atoms with Gasteiger partial charge in [0, 0.05) is 44.0 Å². The first-order valence-electron chi connectivity index (χ1n) is 18.9. The van der Waals surface area contributed by atoms with Crippen LogP contribution in [0.2, 0.25) is 0 Å². The maximum Gasteiger partial charge on any atom is 0.143 e. The van der Waals surface area contributed by atoms with E-state index < -0.39 is 0 Å². The van der Waals surface area contributed by atoms with Crippen molar-refractivity contribution in [2.24, 2.45) is 0 Å². The molecule has 0 radical (unpaired) electrons. The highest BCUT2D eigenvalue weighted by Gasteiger charge is 2.34. The van der Waals surface area contributed by atoms with Crippen LogP contribution in [-0.4, -0.2) is 14.3 Å². The molecule has 0 bridgehead atoms. The predicted octanol–water partition coefficient (Wildman–Crippen LogP) is 13.0. The lowest BCUT2D eigenvalue weighted by Gasteiger charge is -2.18. The van der Waals surface area contributed by atoms with Crippen molar-refractivity contribution in [2.45, 2.75) is 12.6 Å². The molecular formula is C51H33N3O. The molecule has 0 spiro atoms. The first-order valence-corrected chi connectivity index (χ1v) is 18.9. The normalized spacial score (nSPS) is 13.7. The number of hydrogen-bond donors (Lipinski definition) is 0. The number of rotatable bonds is 5. The number of para-hydroxylation sites is 2. The highest BCUT2D eigenvalue weighted by Crippen LogP contribution is 2.52. The Kier molecular flexibility index (Phi) is 6.43. The van der Waals surface area contributed by atoms with E-state index in [0.29, 0.717) is 6.67 Å². The van der Waals surface area contributed by atoms with E-state index in [2.05, 4.69) is 185 Å². The quantitative estimate of drug-likeness (QED) is 0.179. The van der Waals surface area contributed by atoms with Crippen LogP contribution in [0.4, 0.5) is 0 Å². The van der Waals surface area contributed by atoms with Crippen LogP contribution in [0.1, 0.15) is 22.6 Å². The highest BCUT2D eigenvalue weighted by atomic mass is 16.3. The summed E-state index contributed by atoms with van der Waals surface area (Å²) in [6.07, 6.45) is 0. The molecule has 0 saturated heterocycles. The predicted molar refractivity (Wildman–Crippen MR) is 226 cm³/mol. The molecule has 0 saturated carbocycles. The average molecular weight is 704 g/mol. The molecule has 258 valence electrons. The van der Waals surface area contributed by atoms with Crippen LogP contribution < -0.4 is 0 Å². The van der Waals surface area contributed by atoms with Gasteiger partial charge in [-0.05, 0) is 57.6 Å². The fraction of sp³-hybridized carbons (Fsp3) is 0.0392. The van der Waals surface area contributed by atoms with Gasteiger partial charge in [-0.3, -0.25) is 0 Å². The molecule has 1 aliphatic rings. The molecule has 0 aliphatic heterocycles. The third kappa shape index (κ3) is 4.43. The van der Waals surface area contributed by atoms with Crippen molar-refractivity contribution < 1.29 is 4.42 Å². The molecule has 1 atom stereocenters. The zero-order valence-corrected chi connectivity index (χ0v) is 29.9. The van der Waals surface area contributed by atoms with E-state index in [9.17, 15) is 0 Å². The minimum Gasteiger partial charge on any atom is -0.455 e. The first-order chi connectivity index (χ1) is 27.3. The minimum absolute atomic E-state index is 0.0909. The standard InChI is InChI=1S/C51H33N3O/c1-3-14-32(15-4-1)47-38-20-8-7-18-36(38)39-27-28-40-43-30-34(35-22-13-23-41-37-19-10-12-25-46(37)55-51(35)41)26-29-45(43)53(50(40)48(39)47)31-54-49(33-16-5-2-6-17-33)42-21-9-11-24-44(42)52-54/h1-30,47H,31H2. The lowest BCUT2D eigenvalue weighted by molar-refractivity contribution is 0.583. The number of fused-ring (bicyclic) bond motifs is 11. The van der Waals surface area contributed by atoms with Crippen molar-refractivity contribution in [1.82, 2.24) is 14.3 Å². The smallest absolute Gasteiger partial charge is 0.143 e. The van der Waals surface area contributed by atoms with Gasteiger partial charge in [0.2, 0.25) is 0 Å². The maximum absolute atomic E-state index is 6.55. The summed E-state index contributed by atoms with van der Waals surface area (Å²) < 4.78 is 11.3. The Hall–Kier alpha value is -7.17. The Morgan fingerprint density at radius 1 is 0.509 bits per heavy atom. The molecule has 1 unspecified atom stereocenters. The lowest BCUT2D eigenvalue weighted by atomic mass is 9.88. The van der Waals surface area contributed by atoms with Gasteiger partial charge in [-0.1, -0.05) is 158 Å². The fourth-order valence-corrected chi connectivity index (χ4v) is 9.40. The Bertz CT molecular complexity index is 3290. The van der Waals surface area contributed by atoms with Gasteiger partial charge in [0.1, 0.15) is 17.8 Å². The Morgan fingerprint density at radius 3 is 2.13 bits per heavy atom. The second kappa shape index (κ2) is 11.7. The molecule has 3 heterocycles. The molecule has 0 amide bonds. The summed E-state index contributed by atoms with van der Waals surface area (Å²) in [7, 11) is 0. The van der Waals surface area contributed by atoms with Gasteiger partial charge in [-0.25, -0.2) is 4.68 Å². The van der Waals surface area contributed by atoms with Gasteiger partial charge in [0.25, 0.3) is 0 Å². The van der Waals surface area contributed by atoms with Crippen molar-refractivity contribution in [3.05, 3.63) is 199 Å². The van der Waals surface area contributed by atoms with Crippen LogP contribution in [0.25, 0.3) is 88.2 Å². The summed E-state index contributed by atoms with van der Waals surface area (Å²) in [6, 6.07) is 65.6. The topological polar surface area (TPSA) is 35.9 Å². The number of aromatic nitrogens is 3. The summed E-state index contributed by atoms with van der Waals surface area (Å²) in [5.74, 6) is 0.0909. The third-order valence-corrected chi connectivity index (χ3v) is 11.7. The molecule has 55 heavy (non-hydrogen) atoms. The van der Waals surface area contributed by atoms with Gasteiger partial charge in [-0.2, -0.15) is 5.10 Å². The molecule has 11 aromatic rings. The van der Waals surface area contributed by atoms with Crippen LogP contribution in [0.3, 0.4) is 0 Å². The van der Waals surface area contributed by atoms with E-state index in [1.54, 1.807) is 0 Å². The summed E-state index contributed by atoms with van der Waals surface area (Å²) in [4.78, 5) is 0. The second-order valence-electron chi connectivity index (χ2n) is 14.7. The summed E-state index contributed by atoms with van der Waals surface area (Å²) in [6.45, 7) is 0.547. The van der Waals surface area contributed by atoms with Gasteiger partial charge in [0.15, 0.2) is 0 Å². The highest BCUT2D eigenvalue weighted by molar-refractivity contribution is 6.15. The van der Waals surface area contributed by atoms with Crippen LogP contribution in [0.15, 0.2) is 186 Å². The Balaban J connectivity index is 1.16. The minimum atomic E-state index is 0.0909. The van der Waals surface area contributed by atoms with Crippen LogP contribution in [0.5, 0.6) is 0 Å². The number of furan rings is 1. The van der Waals surface area contributed by atoms with Crippen molar-refractivity contribution in [1.29, 1.82) is 0 Å². The monoisotopic (exact) mass is 703 g/mol. The van der Waals surface area contributed by atoms with Crippen LogP contribution in [0, 0.1) is 0 Å². The Labute approximate surface area is 317 Å². The van der Waals surface area contributed by atoms with E-state index >= 15 is 0 Å². The Morgan fingerprint density at radius 2 is 1.24 bits per heavy atom. The molecule has 3 aromatic heterocycles. The molecule has 1 aliphatic carbocycles. The van der Waals surface area contributed by atoms with Crippen molar-refractivity contribution >= 4 is 54.6 Å². The molecular weight excluding hydrogens is 671 g/mol. The van der Waals surface area contributed by atoms with Crippen LogP contribution in [-0.2, 0) is 6.67 Å². The second-order valence-corrected chi connectivity index (χ2v) is 14.7. The zero-order chi connectivity index (χ0) is 36.0. The summed E-state index contributed by atoms with van der Waals surface area (Å²) in [5.41, 5.74) is 16.3. The maximum atomic E-state index is 6.55. The van der Waals surface area contributed by atoms with E-state index in [0.717, 1.165) is 55.2 Å². The molecule has 8 aromatic carbocycles. The van der Waals surface area contributed by atoms with Crippen LogP contribution >= 0.6 is 0 Å². The van der Waals surface area contributed by atoms with E-state index in [-0.39, 0.29) is 5.92 Å². The molecule has 0 fully saturated rings.